The highest BCUT2D eigenvalue weighted by molar-refractivity contribution is 14.1. The van der Waals surface area contributed by atoms with Gasteiger partial charge in [-0.2, -0.15) is 61.1 Å². The smallest absolute Gasteiger partial charge is 0.506 e. The molecule has 0 aliphatic rings. The molecule has 88 heavy (non-hydrogen) atoms. The summed E-state index contributed by atoms with van der Waals surface area (Å²) in [4.78, 5) is 26.4. The average molecular weight is 1430 g/mol. The van der Waals surface area contributed by atoms with Gasteiger partial charge in [0.25, 0.3) is 11.9 Å². The van der Waals surface area contributed by atoms with Crippen LogP contribution in [0.4, 0.5) is 57.5 Å². The molecule has 0 aliphatic carbocycles. The van der Waals surface area contributed by atoms with Crippen LogP contribution in [0.1, 0.15) is 67.2 Å². The number of aryl methyl sites for hydroxylation is 3. The van der Waals surface area contributed by atoms with Crippen molar-refractivity contribution in [2.45, 2.75) is 78.7 Å². The summed E-state index contributed by atoms with van der Waals surface area (Å²) in [5.74, 6) is -0.256. The van der Waals surface area contributed by atoms with E-state index >= 15 is 0 Å². The summed E-state index contributed by atoms with van der Waals surface area (Å²) >= 11 is 1.69. The zero-order valence-corrected chi connectivity index (χ0v) is 52.3. The van der Waals surface area contributed by atoms with E-state index in [0.717, 1.165) is 60.0 Å². The lowest BCUT2D eigenvalue weighted by molar-refractivity contribution is -0.138. The first-order valence-electron chi connectivity index (χ1n) is 25.3. The second kappa shape index (κ2) is 36.5. The Morgan fingerprint density at radius 1 is 0.557 bits per heavy atom. The van der Waals surface area contributed by atoms with E-state index in [4.69, 9.17) is 33.2 Å². The van der Waals surface area contributed by atoms with Gasteiger partial charge in [0.1, 0.15) is 5.75 Å². The number of nitrogens with zero attached hydrogens (tertiary/aromatic N) is 4. The predicted molar refractivity (Wildman–Crippen MR) is 315 cm³/mol. The minimum atomic E-state index is -5.60. The van der Waals surface area contributed by atoms with Crippen LogP contribution in [0, 0.1) is 20.8 Å². The van der Waals surface area contributed by atoms with Crippen LogP contribution in [-0.4, -0.2) is 86.1 Å². The summed E-state index contributed by atoms with van der Waals surface area (Å²) in [6, 6.07) is 26.7. The second-order valence-electron chi connectivity index (χ2n) is 17.1. The summed E-state index contributed by atoms with van der Waals surface area (Å²) in [7, 11) is -12.0. The maximum absolute atomic E-state index is 12.8. The van der Waals surface area contributed by atoms with E-state index in [0.29, 0.717) is 52.9 Å². The third-order valence-corrected chi connectivity index (χ3v) is 15.7. The molecule has 0 atom stereocenters. The highest BCUT2D eigenvalue weighted by Gasteiger charge is 2.48. The van der Waals surface area contributed by atoms with E-state index in [2.05, 4.69) is 24.1 Å². The van der Waals surface area contributed by atoms with Crippen LogP contribution in [0.3, 0.4) is 0 Å². The molecule has 0 saturated carbocycles. The Morgan fingerprint density at radius 3 is 1.32 bits per heavy atom. The fourth-order valence-electron chi connectivity index (χ4n) is 6.18. The third-order valence-electron chi connectivity index (χ3n) is 10.2. The van der Waals surface area contributed by atoms with Gasteiger partial charge >= 0.3 is 48.9 Å². The number of hydrogen-bond donors (Lipinski definition) is 3. The molecule has 16 nitrogen and oxygen atoms in total. The number of carbonyl (C=O) groups is 1. The lowest BCUT2D eigenvalue weighted by atomic mass is 9.79. The lowest BCUT2D eigenvalue weighted by Crippen LogP contribution is -2.30. The Bertz CT molecular complexity index is 3340. The Balaban J connectivity index is 0.000000374. The van der Waals surface area contributed by atoms with Crippen LogP contribution in [0.5, 0.6) is 11.5 Å². The van der Waals surface area contributed by atoms with Gasteiger partial charge in [0.2, 0.25) is 0 Å². The van der Waals surface area contributed by atoms with Crippen LogP contribution in [-0.2, 0) is 57.5 Å². The van der Waals surface area contributed by atoms with Gasteiger partial charge in [0, 0.05) is 63.2 Å². The topological polar surface area (TPSA) is 227 Å². The molecule has 7 aromatic rings. The molecule has 4 heterocycles. The second-order valence-corrected chi connectivity index (χ2v) is 24.0. The van der Waals surface area contributed by atoms with Crippen molar-refractivity contribution in [2.75, 3.05) is 26.4 Å². The van der Waals surface area contributed by atoms with Gasteiger partial charge in [-0.1, -0.05) is 60.7 Å². The fourth-order valence-corrected chi connectivity index (χ4v) is 9.84. The molecule has 0 radical (unpaired) electrons. The molecule has 480 valence electrons. The molecular weight excluding hydrogens is 1370 g/mol. The van der Waals surface area contributed by atoms with Gasteiger partial charge in [-0.3, -0.25) is 29.3 Å². The average Bonchev–Trinajstić information content (AvgIpc) is 1.32. The summed E-state index contributed by atoms with van der Waals surface area (Å²) in [5.41, 5.74) is -2.93. The number of hydrogen-bond acceptors (Lipinski definition) is 16. The minimum Gasteiger partial charge on any atom is -0.506 e. The van der Waals surface area contributed by atoms with Crippen LogP contribution >= 0.6 is 38.6 Å². The van der Waals surface area contributed by atoms with Gasteiger partial charge in [0.05, 0.1) is 67.4 Å². The molecule has 0 bridgehead atoms. The summed E-state index contributed by atoms with van der Waals surface area (Å²) < 4.78 is 206. The van der Waals surface area contributed by atoms with Crippen molar-refractivity contribution in [3.63, 3.8) is 0 Å². The van der Waals surface area contributed by atoms with E-state index in [9.17, 15) is 70.5 Å². The van der Waals surface area contributed by atoms with Crippen molar-refractivity contribution in [2.24, 2.45) is 0 Å². The first-order chi connectivity index (χ1) is 40.9. The summed E-state index contributed by atoms with van der Waals surface area (Å²) in [6.45, 7) is 14.0. The molecule has 0 spiro atoms. The highest BCUT2D eigenvalue weighted by atomic mass is 127. The molecular formula is C55H58BF12IN4O12P2S. The van der Waals surface area contributed by atoms with Crippen LogP contribution < -0.4 is 9.65 Å². The molecule has 0 amide bonds. The lowest BCUT2D eigenvalue weighted by Gasteiger charge is -2.16. The highest BCUT2D eigenvalue weighted by Crippen LogP contribution is 2.51. The van der Waals surface area contributed by atoms with Crippen LogP contribution in [0.25, 0.3) is 22.3 Å². The Morgan fingerprint density at radius 2 is 0.977 bits per heavy atom. The minimum absolute atomic E-state index is 0.0115. The number of aromatic hydroxyl groups is 1. The van der Waals surface area contributed by atoms with E-state index in [1.54, 1.807) is 98.1 Å². The molecule has 0 fully saturated rings. The van der Waals surface area contributed by atoms with Gasteiger partial charge in [0.15, 0.2) is 5.75 Å². The van der Waals surface area contributed by atoms with Crippen molar-refractivity contribution in [3.05, 3.63) is 186 Å². The predicted octanol–water partition coefficient (Wildman–Crippen LogP) is 15.6. The van der Waals surface area contributed by atoms with Gasteiger partial charge in [-0.15, -0.1) is 0 Å². The van der Waals surface area contributed by atoms with Gasteiger partial charge < -0.3 is 37.4 Å². The van der Waals surface area contributed by atoms with Gasteiger partial charge in [-0.25, -0.2) is 0 Å². The first kappa shape index (κ1) is 78.0. The molecule has 0 saturated heterocycles. The number of aromatic nitrogens is 4. The number of pyridine rings is 4. The van der Waals surface area contributed by atoms with Crippen molar-refractivity contribution >= 4 is 64.8 Å². The monoisotopic (exact) mass is 1430 g/mol. The van der Waals surface area contributed by atoms with E-state index in [1.807, 2.05) is 27.7 Å². The van der Waals surface area contributed by atoms with E-state index in [1.165, 1.54) is 36.7 Å². The SMILES string of the molecule is CCOP(=O)(Cc1ccc(-c2cccc(C(F)(F)F)c2)cn1)OCC.CCOP(OCC)C(=O)I.Cc1ccc(-c2cccc(C(F)(F)F)c2)cn1.Cc1ccc(O)cn1.Cc1ccc(OS(=O)(=O)C(F)(F)F)cn1.OB(O)c1cccc(C(F)(F)F)c1. The maximum Gasteiger partial charge on any atom is 0.534 e. The van der Waals surface area contributed by atoms with Crippen molar-refractivity contribution in [3.8, 4) is 33.8 Å². The van der Waals surface area contributed by atoms with Crippen molar-refractivity contribution in [1.82, 2.24) is 19.9 Å². The summed E-state index contributed by atoms with van der Waals surface area (Å²) in [5, 5.41) is 25.9. The first-order valence-corrected chi connectivity index (χ1v) is 30.7. The standard InChI is InChI=1S/C17H19F3NO3P.C13H10F3N.C7H6BF3O2.C7H6F3NO3S.C6H7NO.C5H10IO3P/c1-3-23-25(22,24-4-2)12-16-9-8-14(11-21-16)13-6-5-7-15(10-13)17(18,19)20;1-9-5-6-11(8-17-9)10-3-2-4-12(7-10)13(14,15)16;9-7(10,11)5-2-1-3-6(4-5)8(12)13;1-5-2-3-6(4-11-5)14-15(12,13)7(8,9)10;1-5-2-3-6(8)4-7-5;1-3-8-10(5(6)7)9-4-2/h5-11H,3-4,12H2,1-2H3;2-8H,1H3;1-4,12-13H;2-4H,1H3;2-4,8H,1H3;3-4H2,1-2H3. The number of alkyl halides is 12. The number of rotatable bonds is 16. The zero-order valence-electron chi connectivity index (χ0n) is 47.5. The molecule has 0 aliphatic heterocycles. The maximum atomic E-state index is 12.8. The Kier molecular flexibility index (Phi) is 32.3. The zero-order chi connectivity index (χ0) is 66.7. The number of benzene rings is 3. The van der Waals surface area contributed by atoms with Crippen LogP contribution in [0.2, 0.25) is 0 Å². The molecule has 3 N–H and O–H groups in total. The molecule has 4 aromatic heterocycles. The molecule has 33 heteroatoms. The quantitative estimate of drug-likeness (QED) is 0.0155. The molecule has 7 rings (SSSR count). The fraction of sp³-hybridized carbons (Fsp3) is 0.291. The van der Waals surface area contributed by atoms with Crippen molar-refractivity contribution < 1.29 is 108 Å². The Hall–Kier alpha value is -6.15. The van der Waals surface area contributed by atoms with E-state index in [-0.39, 0.29) is 34.1 Å². The molecule has 3 aromatic carbocycles. The van der Waals surface area contributed by atoms with Gasteiger partial charge in [-0.05, 0) is 126 Å². The largest absolute Gasteiger partial charge is 0.534 e. The summed E-state index contributed by atoms with van der Waals surface area (Å²) in [6.07, 6.45) is -7.80. The number of carbonyl (C=O) groups excluding carboxylic acids is 1. The third kappa shape index (κ3) is 29.0. The Labute approximate surface area is 514 Å². The number of halogens is 13. The van der Waals surface area contributed by atoms with E-state index < -0.39 is 79.7 Å². The van der Waals surface area contributed by atoms with Crippen LogP contribution in [0.15, 0.2) is 146 Å². The normalized spacial score (nSPS) is 11.6. The molecule has 0 unspecified atom stereocenters. The van der Waals surface area contributed by atoms with Crippen molar-refractivity contribution in [1.29, 1.82) is 0 Å².